The molecule has 104 valence electrons. The molecule has 2 rings (SSSR count). The first-order chi connectivity index (χ1) is 9.20. The maximum Gasteiger partial charge on any atom is 0.231 e. The molecule has 19 heavy (non-hydrogen) atoms. The normalized spacial score (nSPS) is 13.5. The molecule has 0 radical (unpaired) electrons. The van der Waals surface area contributed by atoms with Crippen LogP contribution in [0.1, 0.15) is 19.4 Å². The third kappa shape index (κ3) is 3.78. The lowest BCUT2D eigenvalue weighted by Crippen LogP contribution is -2.22. The predicted molar refractivity (Wildman–Crippen MR) is 75.0 cm³/mol. The van der Waals surface area contributed by atoms with Crippen molar-refractivity contribution in [2.24, 2.45) is 0 Å². The Bertz CT molecular complexity index is 460. The summed E-state index contributed by atoms with van der Waals surface area (Å²) in [5, 5.41) is 3.36. The molecule has 0 saturated heterocycles. The highest BCUT2D eigenvalue weighted by Crippen LogP contribution is 2.38. The van der Waals surface area contributed by atoms with Gasteiger partial charge in [0.25, 0.3) is 0 Å². The highest BCUT2D eigenvalue weighted by atomic mass is 35.5. The summed E-state index contributed by atoms with van der Waals surface area (Å²) in [4.78, 5) is 0. The van der Waals surface area contributed by atoms with Gasteiger partial charge in [-0.25, -0.2) is 0 Å². The molecule has 0 aliphatic carbocycles. The molecule has 0 unspecified atom stereocenters. The summed E-state index contributed by atoms with van der Waals surface area (Å²) >= 11 is 5.49. The van der Waals surface area contributed by atoms with Crippen LogP contribution >= 0.6 is 11.6 Å². The fourth-order valence-corrected chi connectivity index (χ4v) is 1.80. The van der Waals surface area contributed by atoms with Crippen LogP contribution in [0.25, 0.3) is 0 Å². The van der Waals surface area contributed by atoms with Gasteiger partial charge in [-0.2, -0.15) is 0 Å². The van der Waals surface area contributed by atoms with E-state index in [2.05, 4.69) is 19.2 Å². The molecule has 0 spiro atoms. The van der Waals surface area contributed by atoms with E-state index in [1.807, 2.05) is 12.1 Å². The molecule has 0 atom stereocenters. The van der Waals surface area contributed by atoms with E-state index in [0.29, 0.717) is 19.2 Å². The maximum absolute atomic E-state index is 5.69. The topological polar surface area (TPSA) is 39.7 Å². The minimum absolute atomic E-state index is 0.261. The Labute approximate surface area is 118 Å². The van der Waals surface area contributed by atoms with Crippen molar-refractivity contribution in [1.29, 1.82) is 0 Å². The smallest absolute Gasteiger partial charge is 0.231 e. The summed E-state index contributed by atoms with van der Waals surface area (Å²) in [6.07, 6.45) is 1.74. The minimum Gasteiger partial charge on any atom is -0.489 e. The molecular weight excluding hydrogens is 266 g/mol. The largest absolute Gasteiger partial charge is 0.489 e. The molecule has 1 aromatic carbocycles. The first kappa shape index (κ1) is 14.0. The van der Waals surface area contributed by atoms with Crippen molar-refractivity contribution in [3.8, 4) is 17.2 Å². The number of hydrogen-bond donors (Lipinski definition) is 1. The third-order valence-electron chi connectivity index (χ3n) is 2.68. The molecular formula is C14H18ClNO3. The van der Waals surface area contributed by atoms with Crippen LogP contribution in [-0.2, 0) is 6.54 Å². The van der Waals surface area contributed by atoms with Crippen molar-refractivity contribution in [2.45, 2.75) is 26.4 Å². The lowest BCUT2D eigenvalue weighted by molar-refractivity contribution is 0.174. The summed E-state index contributed by atoms with van der Waals surface area (Å²) in [5.74, 6) is 2.27. The number of ether oxygens (including phenoxy) is 3. The second kappa shape index (κ2) is 6.68. The zero-order chi connectivity index (χ0) is 13.7. The monoisotopic (exact) mass is 283 g/mol. The van der Waals surface area contributed by atoms with Crippen LogP contribution in [0, 0.1) is 0 Å². The van der Waals surface area contributed by atoms with Gasteiger partial charge in [-0.3, -0.25) is 0 Å². The zero-order valence-corrected chi connectivity index (χ0v) is 11.9. The fraction of sp³-hybridized carbons (Fsp3) is 0.429. The number of fused-ring (bicyclic) bond motifs is 1. The highest BCUT2D eigenvalue weighted by Gasteiger charge is 2.18. The molecule has 0 bridgehead atoms. The second-order valence-electron chi connectivity index (χ2n) is 4.52. The van der Waals surface area contributed by atoms with E-state index in [1.165, 1.54) is 5.54 Å². The van der Waals surface area contributed by atoms with Gasteiger partial charge in [-0.15, -0.1) is 0 Å². The van der Waals surface area contributed by atoms with E-state index in [9.17, 15) is 0 Å². The molecule has 0 amide bonds. The maximum atomic E-state index is 5.69. The van der Waals surface area contributed by atoms with Crippen LogP contribution in [-0.4, -0.2) is 19.4 Å². The van der Waals surface area contributed by atoms with E-state index in [1.54, 1.807) is 6.08 Å². The zero-order valence-electron chi connectivity index (χ0n) is 11.1. The van der Waals surface area contributed by atoms with E-state index in [-0.39, 0.29) is 6.79 Å². The number of benzene rings is 1. The van der Waals surface area contributed by atoms with E-state index >= 15 is 0 Å². The fourth-order valence-electron chi connectivity index (χ4n) is 1.73. The van der Waals surface area contributed by atoms with Gasteiger partial charge in [0.2, 0.25) is 6.79 Å². The standard InChI is InChI=1S/C14H18ClNO3/c1-10(2)16-8-11-6-13-14(19-9-18-13)7-12(11)17-5-3-4-15/h3-4,6-7,10,16H,5,8-9H2,1-2H3/b4-3+. The van der Waals surface area contributed by atoms with E-state index in [0.717, 1.165) is 22.8 Å². The van der Waals surface area contributed by atoms with Crippen LogP contribution in [0.15, 0.2) is 23.7 Å². The van der Waals surface area contributed by atoms with Gasteiger partial charge in [0.05, 0.1) is 0 Å². The number of rotatable bonds is 6. The number of nitrogens with one attached hydrogen (secondary N) is 1. The van der Waals surface area contributed by atoms with Crippen molar-refractivity contribution in [1.82, 2.24) is 5.32 Å². The second-order valence-corrected chi connectivity index (χ2v) is 4.77. The van der Waals surface area contributed by atoms with Gasteiger partial charge in [-0.1, -0.05) is 25.4 Å². The molecule has 1 aliphatic rings. The molecule has 0 saturated carbocycles. The Kier molecular flexibility index (Phi) is 4.93. The summed E-state index contributed by atoms with van der Waals surface area (Å²) in [6.45, 7) is 5.61. The quantitative estimate of drug-likeness (QED) is 0.871. The highest BCUT2D eigenvalue weighted by molar-refractivity contribution is 6.25. The van der Waals surface area contributed by atoms with Gasteiger partial charge in [-0.05, 0) is 12.1 Å². The first-order valence-corrected chi connectivity index (χ1v) is 6.68. The van der Waals surface area contributed by atoms with Gasteiger partial charge in [0.15, 0.2) is 11.5 Å². The SMILES string of the molecule is CC(C)NCc1cc2c(cc1OC/C=C/Cl)OCO2. The van der Waals surface area contributed by atoms with Crippen molar-refractivity contribution < 1.29 is 14.2 Å². The van der Waals surface area contributed by atoms with Crippen molar-refractivity contribution in [3.05, 3.63) is 29.3 Å². The molecule has 0 aromatic heterocycles. The average Bonchev–Trinajstić information content (AvgIpc) is 2.83. The predicted octanol–water partition coefficient (Wildman–Crippen LogP) is 3.04. The lowest BCUT2D eigenvalue weighted by atomic mass is 10.1. The van der Waals surface area contributed by atoms with Crippen LogP contribution in [0.4, 0.5) is 0 Å². The summed E-state index contributed by atoms with van der Waals surface area (Å²) in [5.41, 5.74) is 2.49. The molecule has 1 aliphatic heterocycles. The number of hydrogen-bond acceptors (Lipinski definition) is 4. The third-order valence-corrected chi connectivity index (χ3v) is 2.86. The molecule has 0 fully saturated rings. The van der Waals surface area contributed by atoms with Crippen LogP contribution in [0.2, 0.25) is 0 Å². The van der Waals surface area contributed by atoms with Crippen LogP contribution < -0.4 is 19.5 Å². The minimum atomic E-state index is 0.261. The number of halogens is 1. The van der Waals surface area contributed by atoms with Crippen molar-refractivity contribution in [2.75, 3.05) is 13.4 Å². The Morgan fingerprint density at radius 1 is 1.37 bits per heavy atom. The molecule has 5 heteroatoms. The molecule has 1 aromatic rings. The summed E-state index contributed by atoms with van der Waals surface area (Å²) < 4.78 is 16.4. The lowest BCUT2D eigenvalue weighted by Gasteiger charge is -2.14. The van der Waals surface area contributed by atoms with Crippen LogP contribution in [0.5, 0.6) is 17.2 Å². The Balaban J connectivity index is 2.16. The van der Waals surface area contributed by atoms with Crippen molar-refractivity contribution >= 4 is 11.6 Å². The van der Waals surface area contributed by atoms with Crippen LogP contribution in [0.3, 0.4) is 0 Å². The van der Waals surface area contributed by atoms with E-state index < -0.39 is 0 Å². The molecule has 1 heterocycles. The van der Waals surface area contributed by atoms with E-state index in [4.69, 9.17) is 25.8 Å². The van der Waals surface area contributed by atoms with Gasteiger partial charge < -0.3 is 19.5 Å². The van der Waals surface area contributed by atoms with Crippen molar-refractivity contribution in [3.63, 3.8) is 0 Å². The van der Waals surface area contributed by atoms with Gasteiger partial charge in [0, 0.05) is 29.8 Å². The molecule has 1 N–H and O–H groups in total. The molecule has 4 nitrogen and oxygen atoms in total. The Hall–Kier alpha value is -1.39. The first-order valence-electron chi connectivity index (χ1n) is 6.24. The Morgan fingerprint density at radius 3 is 2.79 bits per heavy atom. The van der Waals surface area contributed by atoms with Gasteiger partial charge >= 0.3 is 0 Å². The Morgan fingerprint density at radius 2 is 2.11 bits per heavy atom. The average molecular weight is 284 g/mol. The summed E-state index contributed by atoms with van der Waals surface area (Å²) in [7, 11) is 0. The summed E-state index contributed by atoms with van der Waals surface area (Å²) in [6, 6.07) is 4.22. The van der Waals surface area contributed by atoms with Gasteiger partial charge in [0.1, 0.15) is 12.4 Å².